The summed E-state index contributed by atoms with van der Waals surface area (Å²) in [6.07, 6.45) is 2.06. The molecule has 2 aromatic carbocycles. The molecule has 0 radical (unpaired) electrons. The van der Waals surface area contributed by atoms with Crippen molar-refractivity contribution in [3.8, 4) is 0 Å². The number of hydrogen-bond acceptors (Lipinski definition) is 3. The number of halogens is 3. The van der Waals surface area contributed by atoms with Crippen LogP contribution in [0.5, 0.6) is 0 Å². The van der Waals surface area contributed by atoms with E-state index < -0.39 is 29.0 Å². The minimum Gasteiger partial charge on any atom is -0.481 e. The van der Waals surface area contributed by atoms with Crippen LogP contribution in [0.2, 0.25) is 0 Å². The highest BCUT2D eigenvalue weighted by Crippen LogP contribution is 2.16. The highest BCUT2D eigenvalue weighted by atomic mass is 19.2. The van der Waals surface area contributed by atoms with Crippen molar-refractivity contribution in [2.75, 3.05) is 0 Å². The van der Waals surface area contributed by atoms with Gasteiger partial charge in [0.15, 0.2) is 11.6 Å². The highest BCUT2D eigenvalue weighted by molar-refractivity contribution is 5.86. The van der Waals surface area contributed by atoms with E-state index in [-0.39, 0.29) is 24.2 Å². The van der Waals surface area contributed by atoms with Gasteiger partial charge in [0.1, 0.15) is 5.82 Å². The smallest absolute Gasteiger partial charge is 0.309 e. The van der Waals surface area contributed by atoms with E-state index in [9.17, 15) is 22.8 Å². The molecule has 3 rings (SSSR count). The van der Waals surface area contributed by atoms with Crippen LogP contribution in [0.3, 0.4) is 0 Å². The maximum Gasteiger partial charge on any atom is 0.309 e. The van der Waals surface area contributed by atoms with Crippen LogP contribution in [0.15, 0.2) is 47.3 Å². The number of hydrogen-bond donors (Lipinski definition) is 1. The van der Waals surface area contributed by atoms with Crippen molar-refractivity contribution in [2.24, 2.45) is 0 Å². The van der Waals surface area contributed by atoms with E-state index >= 15 is 0 Å². The first-order valence-electron chi connectivity index (χ1n) is 7.88. The minimum absolute atomic E-state index is 0.131. The summed E-state index contributed by atoms with van der Waals surface area (Å²) >= 11 is 0. The van der Waals surface area contributed by atoms with Gasteiger partial charge >= 0.3 is 5.97 Å². The van der Waals surface area contributed by atoms with Crippen LogP contribution in [0.25, 0.3) is 16.8 Å². The Bertz CT molecular complexity index is 1120. The van der Waals surface area contributed by atoms with Gasteiger partial charge in [0, 0.05) is 17.0 Å². The Labute approximate surface area is 151 Å². The first-order valence-corrected chi connectivity index (χ1v) is 7.88. The third-order valence-corrected chi connectivity index (χ3v) is 3.86. The number of benzene rings is 2. The molecule has 0 amide bonds. The molecule has 138 valence electrons. The molecular formula is C19H13F3N2O3. The quantitative estimate of drug-likeness (QED) is 0.697. The van der Waals surface area contributed by atoms with E-state index in [1.54, 1.807) is 24.3 Å². The maximum absolute atomic E-state index is 13.7. The highest BCUT2D eigenvalue weighted by Gasteiger charge is 2.13. The Hall–Kier alpha value is -3.42. The summed E-state index contributed by atoms with van der Waals surface area (Å²) < 4.78 is 41.1. The number of allylic oxidation sites excluding steroid dienone is 1. The molecule has 0 saturated heterocycles. The van der Waals surface area contributed by atoms with Crippen molar-refractivity contribution < 1.29 is 23.1 Å². The molecule has 3 aromatic rings. The molecule has 8 heteroatoms. The Balaban J connectivity index is 1.99. The van der Waals surface area contributed by atoms with Crippen LogP contribution in [0.4, 0.5) is 13.2 Å². The molecule has 27 heavy (non-hydrogen) atoms. The van der Waals surface area contributed by atoms with Gasteiger partial charge in [-0.15, -0.1) is 0 Å². The fourth-order valence-corrected chi connectivity index (χ4v) is 2.68. The zero-order chi connectivity index (χ0) is 19.6. The second kappa shape index (κ2) is 7.45. The van der Waals surface area contributed by atoms with E-state index in [2.05, 4.69) is 5.10 Å². The van der Waals surface area contributed by atoms with Gasteiger partial charge in [0.05, 0.1) is 24.0 Å². The standard InChI is InChI=1S/C19H13F3N2O3/c20-12-8-11(18(22)15(21)9-12)4-3-7-24-19(27)14-6-2-1-5-13(14)16(23-24)10-17(25)26/h1-6,8-9H,7,10H2,(H,25,26)/b4-3+. The summed E-state index contributed by atoms with van der Waals surface area (Å²) in [7, 11) is 0. The Morgan fingerprint density at radius 3 is 2.56 bits per heavy atom. The van der Waals surface area contributed by atoms with Gasteiger partial charge in [0.25, 0.3) is 5.56 Å². The molecule has 0 aliphatic rings. The molecule has 0 aliphatic heterocycles. The number of aliphatic carboxylic acids is 1. The predicted octanol–water partition coefficient (Wildman–Crippen LogP) is 3.15. The summed E-state index contributed by atoms with van der Waals surface area (Å²) in [5.41, 5.74) is -0.573. The Morgan fingerprint density at radius 2 is 1.85 bits per heavy atom. The van der Waals surface area contributed by atoms with Crippen LogP contribution in [0, 0.1) is 17.5 Å². The second-order valence-corrected chi connectivity index (χ2v) is 5.74. The molecule has 0 atom stereocenters. The number of carboxylic acids is 1. The van der Waals surface area contributed by atoms with Crippen molar-refractivity contribution >= 4 is 22.8 Å². The summed E-state index contributed by atoms with van der Waals surface area (Å²) in [4.78, 5) is 23.6. The molecule has 0 spiro atoms. The summed E-state index contributed by atoms with van der Waals surface area (Å²) in [5, 5.41) is 13.8. The minimum atomic E-state index is -1.32. The van der Waals surface area contributed by atoms with E-state index in [4.69, 9.17) is 5.11 Å². The number of carboxylic acid groups (broad SMARTS) is 1. The number of rotatable bonds is 5. The summed E-state index contributed by atoms with van der Waals surface area (Å²) in [6.45, 7) is -0.131. The lowest BCUT2D eigenvalue weighted by Gasteiger charge is -2.08. The maximum atomic E-state index is 13.7. The monoisotopic (exact) mass is 374 g/mol. The van der Waals surface area contributed by atoms with E-state index in [0.717, 1.165) is 16.8 Å². The molecule has 0 fully saturated rings. The van der Waals surface area contributed by atoms with Gasteiger partial charge in [-0.1, -0.05) is 30.4 Å². The second-order valence-electron chi connectivity index (χ2n) is 5.74. The van der Waals surface area contributed by atoms with Crippen molar-refractivity contribution in [3.05, 3.63) is 81.5 Å². The van der Waals surface area contributed by atoms with E-state index in [1.165, 1.54) is 6.08 Å². The Morgan fingerprint density at radius 1 is 1.15 bits per heavy atom. The van der Waals surface area contributed by atoms with Crippen molar-refractivity contribution in [1.82, 2.24) is 9.78 Å². The third kappa shape index (κ3) is 3.89. The molecule has 1 aromatic heterocycles. The summed E-state index contributed by atoms with van der Waals surface area (Å²) in [5.74, 6) is -4.57. The largest absolute Gasteiger partial charge is 0.481 e. The zero-order valence-corrected chi connectivity index (χ0v) is 13.8. The molecule has 0 saturated carbocycles. The molecule has 1 heterocycles. The normalized spacial score (nSPS) is 11.4. The number of nitrogens with zero attached hydrogens (tertiary/aromatic N) is 2. The van der Waals surface area contributed by atoms with Crippen molar-refractivity contribution in [1.29, 1.82) is 0 Å². The third-order valence-electron chi connectivity index (χ3n) is 3.86. The lowest BCUT2D eigenvalue weighted by Crippen LogP contribution is -2.25. The first-order chi connectivity index (χ1) is 12.9. The SMILES string of the molecule is O=C(O)Cc1nn(C/C=C/c2cc(F)cc(F)c2F)c(=O)c2ccccc12. The fourth-order valence-electron chi connectivity index (χ4n) is 2.68. The van der Waals surface area contributed by atoms with Crippen LogP contribution in [0.1, 0.15) is 11.3 Å². The molecule has 5 nitrogen and oxygen atoms in total. The number of fused-ring (bicyclic) bond motifs is 1. The van der Waals surface area contributed by atoms with Crippen LogP contribution < -0.4 is 5.56 Å². The number of carbonyl (C=O) groups is 1. The van der Waals surface area contributed by atoms with Crippen LogP contribution in [-0.2, 0) is 17.8 Å². The lowest BCUT2D eigenvalue weighted by atomic mass is 10.1. The molecule has 1 N–H and O–H groups in total. The van der Waals surface area contributed by atoms with Crippen molar-refractivity contribution in [3.63, 3.8) is 0 Å². The first kappa shape index (κ1) is 18.4. The summed E-state index contributed by atoms with van der Waals surface area (Å²) in [6, 6.07) is 7.71. The molecule has 0 unspecified atom stereocenters. The van der Waals surface area contributed by atoms with Gasteiger partial charge in [-0.3, -0.25) is 9.59 Å². The lowest BCUT2D eigenvalue weighted by molar-refractivity contribution is -0.136. The van der Waals surface area contributed by atoms with Gasteiger partial charge in [-0.25, -0.2) is 17.9 Å². The van der Waals surface area contributed by atoms with Gasteiger partial charge in [0.2, 0.25) is 0 Å². The number of aromatic nitrogens is 2. The van der Waals surface area contributed by atoms with E-state index in [0.29, 0.717) is 16.8 Å². The molecule has 0 bridgehead atoms. The molecule has 0 aliphatic carbocycles. The van der Waals surface area contributed by atoms with Gasteiger partial charge < -0.3 is 5.11 Å². The Kier molecular flexibility index (Phi) is 5.07. The molecular weight excluding hydrogens is 361 g/mol. The van der Waals surface area contributed by atoms with Crippen molar-refractivity contribution in [2.45, 2.75) is 13.0 Å². The average Bonchev–Trinajstić information content (AvgIpc) is 2.62. The zero-order valence-electron chi connectivity index (χ0n) is 13.8. The predicted molar refractivity (Wildman–Crippen MR) is 92.7 cm³/mol. The fraction of sp³-hybridized carbons (Fsp3) is 0.105. The topological polar surface area (TPSA) is 72.2 Å². The average molecular weight is 374 g/mol. The van der Waals surface area contributed by atoms with Gasteiger partial charge in [-0.2, -0.15) is 5.10 Å². The van der Waals surface area contributed by atoms with Gasteiger partial charge in [-0.05, 0) is 12.1 Å². The van der Waals surface area contributed by atoms with Crippen LogP contribution in [-0.4, -0.2) is 20.9 Å². The van der Waals surface area contributed by atoms with Crippen LogP contribution >= 0.6 is 0 Å². The van der Waals surface area contributed by atoms with E-state index in [1.807, 2.05) is 0 Å².